The lowest BCUT2D eigenvalue weighted by atomic mass is 10.2. The zero-order valence-electron chi connectivity index (χ0n) is 17.9. The van der Waals surface area contributed by atoms with Crippen molar-refractivity contribution in [3.63, 3.8) is 0 Å². The van der Waals surface area contributed by atoms with Crippen LogP contribution in [0.2, 0.25) is 0 Å². The van der Waals surface area contributed by atoms with Gasteiger partial charge in [-0.15, -0.1) is 0 Å². The Morgan fingerprint density at radius 3 is 1.55 bits per heavy atom. The standard InChI is InChI=1S/C24H27NO4S2/c1-4-25(18-31(28,29)24-15-7-20(3)8-16-24)22-11-9-21(10-12-22)17-30(26,27)23-13-5-19(2)6-14-23/h5-16H,4,17-18H2,1-3H3. The second-order valence-electron chi connectivity index (χ2n) is 7.65. The van der Waals surface area contributed by atoms with E-state index in [4.69, 9.17) is 0 Å². The van der Waals surface area contributed by atoms with Crippen molar-refractivity contribution in [3.05, 3.63) is 89.5 Å². The first-order valence-electron chi connectivity index (χ1n) is 10.0. The molecule has 0 heterocycles. The molecule has 0 aliphatic carbocycles. The van der Waals surface area contributed by atoms with Crippen molar-refractivity contribution >= 4 is 25.4 Å². The Morgan fingerprint density at radius 2 is 1.10 bits per heavy atom. The molecule has 164 valence electrons. The second-order valence-corrected chi connectivity index (χ2v) is 11.6. The molecule has 31 heavy (non-hydrogen) atoms. The summed E-state index contributed by atoms with van der Waals surface area (Å²) in [6.45, 7) is 6.22. The summed E-state index contributed by atoms with van der Waals surface area (Å²) in [6, 6.07) is 20.6. The zero-order chi connectivity index (χ0) is 22.6. The number of hydrogen-bond donors (Lipinski definition) is 0. The normalized spacial score (nSPS) is 12.0. The molecular weight excluding hydrogens is 430 g/mol. The van der Waals surface area contributed by atoms with Gasteiger partial charge in [0.15, 0.2) is 19.7 Å². The van der Waals surface area contributed by atoms with Crippen LogP contribution >= 0.6 is 0 Å². The maximum Gasteiger partial charge on any atom is 0.196 e. The van der Waals surface area contributed by atoms with Crippen LogP contribution in [-0.4, -0.2) is 29.3 Å². The minimum Gasteiger partial charge on any atom is -0.357 e. The van der Waals surface area contributed by atoms with Crippen LogP contribution in [0.1, 0.15) is 23.6 Å². The summed E-state index contributed by atoms with van der Waals surface area (Å²) in [5.74, 6) is -0.252. The van der Waals surface area contributed by atoms with Crippen LogP contribution in [0.15, 0.2) is 82.6 Å². The average Bonchev–Trinajstić information content (AvgIpc) is 2.73. The molecule has 7 heteroatoms. The summed E-state index contributed by atoms with van der Waals surface area (Å²) in [5, 5.41) is 0. The maximum absolute atomic E-state index is 12.8. The Labute approximate surface area is 185 Å². The third-order valence-corrected chi connectivity index (χ3v) is 8.47. The van der Waals surface area contributed by atoms with Gasteiger partial charge in [-0.2, -0.15) is 0 Å². The Morgan fingerprint density at radius 1 is 0.645 bits per heavy atom. The first-order chi connectivity index (χ1) is 14.6. The van der Waals surface area contributed by atoms with E-state index in [1.807, 2.05) is 20.8 Å². The van der Waals surface area contributed by atoms with Crippen molar-refractivity contribution in [3.8, 4) is 0 Å². The van der Waals surface area contributed by atoms with Gasteiger partial charge in [0.2, 0.25) is 0 Å². The Bertz CT molecular complexity index is 1230. The van der Waals surface area contributed by atoms with Crippen LogP contribution in [0.3, 0.4) is 0 Å². The molecule has 0 N–H and O–H groups in total. The van der Waals surface area contributed by atoms with Crippen molar-refractivity contribution in [2.45, 2.75) is 36.3 Å². The molecule has 0 saturated heterocycles. The summed E-state index contributed by atoms with van der Waals surface area (Å²) in [5.41, 5.74) is 3.39. The van der Waals surface area contributed by atoms with Gasteiger partial charge in [-0.3, -0.25) is 0 Å². The van der Waals surface area contributed by atoms with E-state index in [9.17, 15) is 16.8 Å². The number of nitrogens with zero attached hydrogens (tertiary/aromatic N) is 1. The van der Waals surface area contributed by atoms with Crippen molar-refractivity contribution in [1.82, 2.24) is 0 Å². The molecule has 0 aromatic heterocycles. The molecule has 0 spiro atoms. The summed E-state index contributed by atoms with van der Waals surface area (Å²) >= 11 is 0. The fourth-order valence-corrected chi connectivity index (χ4v) is 6.02. The lowest BCUT2D eigenvalue weighted by Gasteiger charge is -2.23. The molecule has 5 nitrogen and oxygen atoms in total. The van der Waals surface area contributed by atoms with E-state index in [-0.39, 0.29) is 16.5 Å². The number of aryl methyl sites for hydroxylation is 2. The minimum absolute atomic E-state index is 0.107. The quantitative estimate of drug-likeness (QED) is 0.497. The molecule has 0 saturated carbocycles. The third kappa shape index (κ3) is 5.74. The molecule has 3 rings (SSSR count). The van der Waals surface area contributed by atoms with Gasteiger partial charge in [-0.25, -0.2) is 16.8 Å². The van der Waals surface area contributed by atoms with E-state index in [1.165, 1.54) is 0 Å². The molecule has 0 amide bonds. The van der Waals surface area contributed by atoms with Crippen LogP contribution in [0.25, 0.3) is 0 Å². The van der Waals surface area contributed by atoms with E-state index >= 15 is 0 Å². The first-order valence-corrected chi connectivity index (χ1v) is 13.3. The zero-order valence-corrected chi connectivity index (χ0v) is 19.6. The molecule has 0 aliphatic rings. The molecule has 0 bridgehead atoms. The summed E-state index contributed by atoms with van der Waals surface area (Å²) < 4.78 is 50.9. The number of anilines is 1. The third-order valence-electron chi connectivity index (χ3n) is 5.13. The van der Waals surface area contributed by atoms with Gasteiger partial charge < -0.3 is 4.90 Å². The maximum atomic E-state index is 12.8. The predicted octanol–water partition coefficient (Wildman–Crippen LogP) is 4.54. The van der Waals surface area contributed by atoms with Gasteiger partial charge >= 0.3 is 0 Å². The lowest BCUT2D eigenvalue weighted by Crippen LogP contribution is -2.29. The SMILES string of the molecule is CCN(CS(=O)(=O)c1ccc(C)cc1)c1ccc(CS(=O)(=O)c2ccc(C)cc2)cc1. The molecule has 0 radical (unpaired) electrons. The van der Waals surface area contributed by atoms with Crippen LogP contribution in [0, 0.1) is 13.8 Å². The number of hydrogen-bond acceptors (Lipinski definition) is 5. The number of sulfone groups is 2. The first kappa shape index (κ1) is 23.0. The van der Waals surface area contributed by atoms with Gasteiger partial charge in [0.25, 0.3) is 0 Å². The van der Waals surface area contributed by atoms with E-state index in [2.05, 4.69) is 0 Å². The fourth-order valence-electron chi connectivity index (χ4n) is 3.23. The highest BCUT2D eigenvalue weighted by Gasteiger charge is 2.20. The van der Waals surface area contributed by atoms with Gasteiger partial charge in [-0.1, -0.05) is 47.5 Å². The summed E-state index contributed by atoms with van der Waals surface area (Å²) in [6.07, 6.45) is 0. The van der Waals surface area contributed by atoms with Crippen molar-refractivity contribution in [1.29, 1.82) is 0 Å². The van der Waals surface area contributed by atoms with Crippen molar-refractivity contribution < 1.29 is 16.8 Å². The fraction of sp³-hybridized carbons (Fsp3) is 0.250. The number of benzene rings is 3. The molecule has 3 aromatic rings. The molecular formula is C24H27NO4S2. The van der Waals surface area contributed by atoms with E-state index < -0.39 is 19.7 Å². The van der Waals surface area contributed by atoms with E-state index in [1.54, 1.807) is 77.7 Å². The highest BCUT2D eigenvalue weighted by Crippen LogP contribution is 2.22. The molecule has 0 atom stereocenters. The largest absolute Gasteiger partial charge is 0.357 e. The average molecular weight is 458 g/mol. The van der Waals surface area contributed by atoms with Crippen LogP contribution in [0.5, 0.6) is 0 Å². The highest BCUT2D eigenvalue weighted by molar-refractivity contribution is 7.91. The number of rotatable bonds is 8. The minimum atomic E-state index is -3.48. The van der Waals surface area contributed by atoms with E-state index in [0.717, 1.165) is 16.8 Å². The smallest absolute Gasteiger partial charge is 0.196 e. The van der Waals surface area contributed by atoms with Crippen molar-refractivity contribution in [2.24, 2.45) is 0 Å². The van der Waals surface area contributed by atoms with Gasteiger partial charge in [-0.05, 0) is 62.7 Å². The van der Waals surface area contributed by atoms with Gasteiger partial charge in [0, 0.05) is 12.2 Å². The topological polar surface area (TPSA) is 71.5 Å². The van der Waals surface area contributed by atoms with E-state index in [0.29, 0.717) is 17.0 Å². The Balaban J connectivity index is 1.76. The second kappa shape index (κ2) is 9.24. The molecule has 0 fully saturated rings. The molecule has 0 unspecified atom stereocenters. The van der Waals surface area contributed by atoms with Crippen LogP contribution < -0.4 is 4.90 Å². The van der Waals surface area contributed by atoms with Gasteiger partial charge in [0.1, 0.15) is 5.88 Å². The summed E-state index contributed by atoms with van der Waals surface area (Å²) in [7, 11) is -6.93. The Hall–Kier alpha value is -2.64. The van der Waals surface area contributed by atoms with Gasteiger partial charge in [0.05, 0.1) is 15.5 Å². The lowest BCUT2D eigenvalue weighted by molar-refractivity contribution is 0.593. The monoisotopic (exact) mass is 457 g/mol. The Kier molecular flexibility index (Phi) is 6.86. The van der Waals surface area contributed by atoms with Crippen molar-refractivity contribution in [2.75, 3.05) is 17.3 Å². The predicted molar refractivity (Wildman–Crippen MR) is 125 cm³/mol. The van der Waals surface area contributed by atoms with Crippen LogP contribution in [-0.2, 0) is 25.4 Å². The van der Waals surface area contributed by atoms with Crippen LogP contribution in [0.4, 0.5) is 5.69 Å². The highest BCUT2D eigenvalue weighted by atomic mass is 32.2. The molecule has 3 aromatic carbocycles. The molecule has 0 aliphatic heterocycles. The summed E-state index contributed by atoms with van der Waals surface area (Å²) in [4.78, 5) is 2.34.